The number of aryl methyl sites for hydroxylation is 2. The predicted molar refractivity (Wildman–Crippen MR) is 78.6 cm³/mol. The highest BCUT2D eigenvalue weighted by Crippen LogP contribution is 2.10. The number of hydrogen-bond acceptors (Lipinski definition) is 2. The van der Waals surface area contributed by atoms with Gasteiger partial charge in [-0.05, 0) is 38.9 Å². The maximum absolute atomic E-state index is 11.9. The molecule has 102 valence electrons. The third-order valence-electron chi connectivity index (χ3n) is 2.75. The summed E-state index contributed by atoms with van der Waals surface area (Å²) in [5, 5.41) is 6.20. The molecule has 0 radical (unpaired) electrons. The Morgan fingerprint density at radius 3 is 2.56 bits per heavy atom. The van der Waals surface area contributed by atoms with E-state index in [0.29, 0.717) is 12.6 Å². The molecule has 4 heteroatoms. The van der Waals surface area contributed by atoms with Gasteiger partial charge in [0, 0.05) is 18.2 Å². The molecular formula is C14H23ClN2O. The minimum atomic E-state index is 0. The zero-order valence-electron chi connectivity index (χ0n) is 11.5. The number of carbonyl (C=O) groups excluding carboxylic acids is 1. The zero-order valence-corrected chi connectivity index (χ0v) is 12.4. The highest BCUT2D eigenvalue weighted by Gasteiger charge is 2.09. The van der Waals surface area contributed by atoms with Crippen LogP contribution in [0.5, 0.6) is 0 Å². The first-order chi connectivity index (χ1) is 8.04. The summed E-state index contributed by atoms with van der Waals surface area (Å²) in [5.41, 5.74) is 2.97. The predicted octanol–water partition coefficient (Wildman–Crippen LogP) is 2.45. The highest BCUT2D eigenvalue weighted by molar-refractivity contribution is 5.95. The molecule has 0 aliphatic carbocycles. The smallest absolute Gasteiger partial charge is 0.251 e. The van der Waals surface area contributed by atoms with Crippen molar-refractivity contribution in [2.45, 2.75) is 33.7 Å². The fourth-order valence-corrected chi connectivity index (χ4v) is 1.83. The van der Waals surface area contributed by atoms with Gasteiger partial charge < -0.3 is 10.6 Å². The van der Waals surface area contributed by atoms with E-state index in [1.807, 2.05) is 32.0 Å². The Morgan fingerprint density at radius 1 is 1.33 bits per heavy atom. The van der Waals surface area contributed by atoms with Crippen LogP contribution < -0.4 is 10.6 Å². The van der Waals surface area contributed by atoms with Crippen LogP contribution in [0.2, 0.25) is 0 Å². The quantitative estimate of drug-likeness (QED) is 0.863. The van der Waals surface area contributed by atoms with E-state index < -0.39 is 0 Å². The molecular weight excluding hydrogens is 248 g/mol. The number of nitrogens with one attached hydrogen (secondary N) is 2. The van der Waals surface area contributed by atoms with Crippen LogP contribution in [0.25, 0.3) is 0 Å². The Labute approximate surface area is 116 Å². The molecule has 0 bridgehead atoms. The van der Waals surface area contributed by atoms with Gasteiger partial charge in [0.25, 0.3) is 5.91 Å². The minimum Gasteiger partial charge on any atom is -0.350 e. The van der Waals surface area contributed by atoms with Gasteiger partial charge in [0.1, 0.15) is 0 Å². The molecule has 1 rings (SSSR count). The Hall–Kier alpha value is -1.06. The maximum atomic E-state index is 11.9. The number of hydrogen-bond donors (Lipinski definition) is 2. The summed E-state index contributed by atoms with van der Waals surface area (Å²) in [6.45, 7) is 9.69. The third kappa shape index (κ3) is 5.07. The van der Waals surface area contributed by atoms with Gasteiger partial charge in [0.15, 0.2) is 0 Å². The molecule has 0 aromatic heterocycles. The van der Waals surface area contributed by atoms with Crippen LogP contribution in [0, 0.1) is 13.8 Å². The van der Waals surface area contributed by atoms with E-state index in [1.165, 1.54) is 5.56 Å². The fourth-order valence-electron chi connectivity index (χ4n) is 1.83. The van der Waals surface area contributed by atoms with Gasteiger partial charge in [0.05, 0.1) is 0 Å². The number of carbonyl (C=O) groups is 1. The molecule has 0 saturated carbocycles. The number of halogens is 1. The first-order valence-electron chi connectivity index (χ1n) is 6.13. The average Bonchev–Trinajstić information content (AvgIpc) is 2.26. The zero-order chi connectivity index (χ0) is 12.8. The molecule has 0 unspecified atom stereocenters. The van der Waals surface area contributed by atoms with Gasteiger partial charge in [-0.2, -0.15) is 0 Å². The number of amides is 1. The van der Waals surface area contributed by atoms with E-state index in [2.05, 4.69) is 24.5 Å². The van der Waals surface area contributed by atoms with Crippen molar-refractivity contribution in [3.05, 3.63) is 34.9 Å². The lowest BCUT2D eigenvalue weighted by atomic mass is 10.1. The average molecular weight is 271 g/mol. The second kappa shape index (κ2) is 8.11. The van der Waals surface area contributed by atoms with Gasteiger partial charge in [0.2, 0.25) is 0 Å². The molecule has 0 aliphatic heterocycles. The lowest BCUT2D eigenvalue weighted by Gasteiger charge is -2.14. The van der Waals surface area contributed by atoms with Gasteiger partial charge in [-0.15, -0.1) is 12.4 Å². The van der Waals surface area contributed by atoms with Gasteiger partial charge in [-0.1, -0.05) is 24.6 Å². The van der Waals surface area contributed by atoms with E-state index in [1.54, 1.807) is 0 Å². The molecule has 18 heavy (non-hydrogen) atoms. The summed E-state index contributed by atoms with van der Waals surface area (Å²) >= 11 is 0. The normalized spacial score (nSPS) is 11.6. The first kappa shape index (κ1) is 16.9. The summed E-state index contributed by atoms with van der Waals surface area (Å²) in [6.07, 6.45) is 0. The summed E-state index contributed by atoms with van der Waals surface area (Å²) in [4.78, 5) is 11.9. The largest absolute Gasteiger partial charge is 0.350 e. The SMILES string of the molecule is CCN[C@H](C)CNC(=O)c1ccc(C)cc1C.Cl. The molecule has 0 spiro atoms. The third-order valence-corrected chi connectivity index (χ3v) is 2.75. The van der Waals surface area contributed by atoms with Crippen molar-refractivity contribution >= 4 is 18.3 Å². The number of rotatable bonds is 5. The second-order valence-electron chi connectivity index (χ2n) is 4.49. The summed E-state index contributed by atoms with van der Waals surface area (Å²) in [7, 11) is 0. The van der Waals surface area contributed by atoms with Crippen LogP contribution in [0.1, 0.15) is 35.3 Å². The van der Waals surface area contributed by atoms with Crippen LogP contribution >= 0.6 is 12.4 Å². The molecule has 3 nitrogen and oxygen atoms in total. The maximum Gasteiger partial charge on any atom is 0.251 e. The lowest BCUT2D eigenvalue weighted by Crippen LogP contribution is -2.39. The van der Waals surface area contributed by atoms with Crippen LogP contribution in [0.4, 0.5) is 0 Å². The van der Waals surface area contributed by atoms with Crippen molar-refractivity contribution in [2.24, 2.45) is 0 Å². The topological polar surface area (TPSA) is 41.1 Å². The number of likely N-dealkylation sites (N-methyl/N-ethyl adjacent to an activating group) is 1. The van der Waals surface area contributed by atoms with Crippen molar-refractivity contribution in [2.75, 3.05) is 13.1 Å². The Bertz CT molecular complexity index is 393. The van der Waals surface area contributed by atoms with Gasteiger partial charge >= 0.3 is 0 Å². The van der Waals surface area contributed by atoms with E-state index in [0.717, 1.165) is 17.7 Å². The Morgan fingerprint density at radius 2 is 2.00 bits per heavy atom. The van der Waals surface area contributed by atoms with Gasteiger partial charge in [-0.3, -0.25) is 4.79 Å². The molecule has 1 aromatic rings. The lowest BCUT2D eigenvalue weighted by molar-refractivity contribution is 0.0949. The Balaban J connectivity index is 0.00000289. The van der Waals surface area contributed by atoms with Crippen molar-refractivity contribution in [1.29, 1.82) is 0 Å². The van der Waals surface area contributed by atoms with Crippen LogP contribution in [0.15, 0.2) is 18.2 Å². The summed E-state index contributed by atoms with van der Waals surface area (Å²) in [6, 6.07) is 6.19. The molecule has 1 amide bonds. The molecule has 0 saturated heterocycles. The van der Waals surface area contributed by atoms with Crippen molar-refractivity contribution in [1.82, 2.24) is 10.6 Å². The molecule has 0 aliphatic rings. The van der Waals surface area contributed by atoms with Gasteiger partial charge in [-0.25, -0.2) is 0 Å². The Kier molecular flexibility index (Phi) is 7.64. The highest BCUT2D eigenvalue weighted by atomic mass is 35.5. The van der Waals surface area contributed by atoms with Crippen molar-refractivity contribution in [3.63, 3.8) is 0 Å². The van der Waals surface area contributed by atoms with E-state index in [-0.39, 0.29) is 18.3 Å². The number of benzene rings is 1. The molecule has 0 heterocycles. The van der Waals surface area contributed by atoms with E-state index >= 15 is 0 Å². The van der Waals surface area contributed by atoms with Crippen LogP contribution in [0.3, 0.4) is 0 Å². The van der Waals surface area contributed by atoms with Crippen LogP contribution in [-0.4, -0.2) is 25.0 Å². The van der Waals surface area contributed by atoms with Crippen molar-refractivity contribution < 1.29 is 4.79 Å². The minimum absolute atomic E-state index is 0. The summed E-state index contributed by atoms with van der Waals surface area (Å²) < 4.78 is 0. The summed E-state index contributed by atoms with van der Waals surface area (Å²) in [5.74, 6) is 0.00672. The fraction of sp³-hybridized carbons (Fsp3) is 0.500. The first-order valence-corrected chi connectivity index (χ1v) is 6.13. The molecule has 2 N–H and O–H groups in total. The van der Waals surface area contributed by atoms with Crippen LogP contribution in [-0.2, 0) is 0 Å². The molecule has 1 atom stereocenters. The molecule has 0 fully saturated rings. The van der Waals surface area contributed by atoms with E-state index in [9.17, 15) is 4.79 Å². The monoisotopic (exact) mass is 270 g/mol. The van der Waals surface area contributed by atoms with Crippen molar-refractivity contribution in [3.8, 4) is 0 Å². The molecule has 1 aromatic carbocycles. The standard InChI is InChI=1S/C14H22N2O.ClH/c1-5-15-12(4)9-16-14(17)13-7-6-10(2)8-11(13)3;/h6-8,12,15H,5,9H2,1-4H3,(H,16,17);1H/t12-;/m1./s1. The second-order valence-corrected chi connectivity index (χ2v) is 4.49. The van der Waals surface area contributed by atoms with E-state index in [4.69, 9.17) is 0 Å².